The molecule has 5 nitrogen and oxygen atoms in total. The molecule has 0 atom stereocenters. The molecule has 1 aromatic rings. The molecule has 5 heteroatoms. The van der Waals surface area contributed by atoms with Crippen molar-refractivity contribution in [1.29, 1.82) is 0 Å². The fourth-order valence-corrected chi connectivity index (χ4v) is 1.74. The van der Waals surface area contributed by atoms with Gasteiger partial charge in [-0.1, -0.05) is 30.3 Å². The van der Waals surface area contributed by atoms with Crippen molar-refractivity contribution in [3.8, 4) is 0 Å². The monoisotopic (exact) mass is 264 g/mol. The normalized spacial score (nSPS) is 10.3. The average Bonchev–Trinajstić information content (AvgIpc) is 2.35. The fourth-order valence-electron chi connectivity index (χ4n) is 1.74. The molecule has 0 aliphatic carbocycles. The molecule has 0 saturated heterocycles. The summed E-state index contributed by atoms with van der Waals surface area (Å²) in [6.07, 6.45) is 0. The number of aliphatic carboxylic acids is 1. The molecule has 0 spiro atoms. The Bertz CT molecular complexity index is 432. The zero-order valence-electron chi connectivity index (χ0n) is 11.5. The van der Waals surface area contributed by atoms with Crippen molar-refractivity contribution in [2.75, 3.05) is 13.6 Å². The van der Waals surface area contributed by atoms with E-state index < -0.39 is 5.97 Å². The van der Waals surface area contributed by atoms with Gasteiger partial charge in [0.25, 0.3) is 0 Å². The molecule has 2 amide bonds. The van der Waals surface area contributed by atoms with Crippen LogP contribution in [-0.4, -0.2) is 46.5 Å². The van der Waals surface area contributed by atoms with Crippen molar-refractivity contribution in [3.05, 3.63) is 35.9 Å². The highest BCUT2D eigenvalue weighted by Crippen LogP contribution is 2.10. The SMILES string of the molecule is CC(C)N(Cc1ccccc1)C(=O)N(C)CC(=O)O. The Morgan fingerprint density at radius 2 is 1.79 bits per heavy atom. The van der Waals surface area contributed by atoms with Crippen molar-refractivity contribution in [2.45, 2.75) is 26.4 Å². The number of nitrogens with zero attached hydrogens (tertiary/aromatic N) is 2. The summed E-state index contributed by atoms with van der Waals surface area (Å²) in [5.74, 6) is -1.01. The number of hydrogen-bond acceptors (Lipinski definition) is 2. The van der Waals surface area contributed by atoms with E-state index in [4.69, 9.17) is 5.11 Å². The standard InChI is InChI=1S/C14H20N2O3/c1-11(2)16(9-12-7-5-4-6-8-12)14(19)15(3)10-13(17)18/h4-8,11H,9-10H2,1-3H3,(H,17,18). The van der Waals surface area contributed by atoms with E-state index in [9.17, 15) is 9.59 Å². The van der Waals surface area contributed by atoms with Gasteiger partial charge in [0.05, 0.1) is 0 Å². The maximum Gasteiger partial charge on any atom is 0.323 e. The quantitative estimate of drug-likeness (QED) is 0.885. The van der Waals surface area contributed by atoms with E-state index in [0.29, 0.717) is 6.54 Å². The largest absolute Gasteiger partial charge is 0.480 e. The van der Waals surface area contributed by atoms with Crippen LogP contribution in [0.3, 0.4) is 0 Å². The number of likely N-dealkylation sites (N-methyl/N-ethyl adjacent to an activating group) is 1. The predicted octanol–water partition coefficient (Wildman–Crippen LogP) is 2.03. The number of amides is 2. The van der Waals surface area contributed by atoms with E-state index in [1.807, 2.05) is 44.2 Å². The van der Waals surface area contributed by atoms with Crippen LogP contribution in [0.25, 0.3) is 0 Å². The number of carbonyl (C=O) groups excluding carboxylic acids is 1. The third kappa shape index (κ3) is 4.62. The van der Waals surface area contributed by atoms with E-state index in [2.05, 4.69) is 0 Å². The summed E-state index contributed by atoms with van der Waals surface area (Å²) in [5, 5.41) is 8.73. The Kier molecular flexibility index (Phi) is 5.36. The smallest absolute Gasteiger partial charge is 0.323 e. The summed E-state index contributed by atoms with van der Waals surface area (Å²) in [5.41, 5.74) is 1.02. The molecular formula is C14H20N2O3. The molecule has 1 N–H and O–H groups in total. The molecule has 0 aliphatic heterocycles. The summed E-state index contributed by atoms with van der Waals surface area (Å²) in [6.45, 7) is 4.00. The average molecular weight is 264 g/mol. The molecule has 0 saturated carbocycles. The van der Waals surface area contributed by atoms with Gasteiger partial charge in [0.2, 0.25) is 0 Å². The zero-order valence-corrected chi connectivity index (χ0v) is 11.5. The molecule has 104 valence electrons. The molecule has 0 aliphatic rings. The van der Waals surface area contributed by atoms with E-state index in [-0.39, 0.29) is 18.6 Å². The molecule has 0 unspecified atom stereocenters. The van der Waals surface area contributed by atoms with Gasteiger partial charge in [0.1, 0.15) is 6.54 Å². The van der Waals surface area contributed by atoms with Crippen molar-refractivity contribution in [3.63, 3.8) is 0 Å². The van der Waals surface area contributed by atoms with Crippen LogP contribution < -0.4 is 0 Å². The molecule has 19 heavy (non-hydrogen) atoms. The minimum atomic E-state index is -1.01. The van der Waals surface area contributed by atoms with Crippen LogP contribution in [0.5, 0.6) is 0 Å². The Morgan fingerprint density at radius 1 is 1.21 bits per heavy atom. The number of benzene rings is 1. The van der Waals surface area contributed by atoms with Crippen LogP contribution in [0, 0.1) is 0 Å². The topological polar surface area (TPSA) is 60.9 Å². The summed E-state index contributed by atoms with van der Waals surface area (Å²) in [4.78, 5) is 25.7. The zero-order chi connectivity index (χ0) is 14.4. The van der Waals surface area contributed by atoms with Gasteiger partial charge in [-0.25, -0.2) is 4.79 Å². The van der Waals surface area contributed by atoms with Gasteiger partial charge < -0.3 is 14.9 Å². The number of urea groups is 1. The highest BCUT2D eigenvalue weighted by atomic mass is 16.4. The fraction of sp³-hybridized carbons (Fsp3) is 0.429. The van der Waals surface area contributed by atoms with Crippen molar-refractivity contribution in [2.24, 2.45) is 0 Å². The number of carbonyl (C=O) groups is 2. The summed E-state index contributed by atoms with van der Waals surface area (Å²) >= 11 is 0. The molecule has 0 aromatic heterocycles. The van der Waals surface area contributed by atoms with Crippen molar-refractivity contribution in [1.82, 2.24) is 9.80 Å². The number of carboxylic acids is 1. The van der Waals surface area contributed by atoms with Gasteiger partial charge in [0.15, 0.2) is 0 Å². The van der Waals surface area contributed by atoms with Gasteiger partial charge in [-0.15, -0.1) is 0 Å². The first kappa shape index (κ1) is 15.0. The minimum absolute atomic E-state index is 0.00366. The number of hydrogen-bond donors (Lipinski definition) is 1. The lowest BCUT2D eigenvalue weighted by Crippen LogP contribution is -2.45. The molecule has 0 radical (unpaired) electrons. The molecule has 1 rings (SSSR count). The van der Waals surface area contributed by atoms with Gasteiger partial charge in [-0.05, 0) is 19.4 Å². The number of rotatable bonds is 5. The van der Waals surface area contributed by atoms with Crippen LogP contribution in [-0.2, 0) is 11.3 Å². The predicted molar refractivity (Wildman–Crippen MR) is 72.8 cm³/mol. The first-order chi connectivity index (χ1) is 8.91. The molecule has 0 fully saturated rings. The molecule has 0 bridgehead atoms. The van der Waals surface area contributed by atoms with Gasteiger partial charge >= 0.3 is 12.0 Å². The second-order valence-electron chi connectivity index (χ2n) is 4.74. The van der Waals surface area contributed by atoms with Crippen molar-refractivity contribution >= 4 is 12.0 Å². The van der Waals surface area contributed by atoms with E-state index in [1.165, 1.54) is 11.9 Å². The third-order valence-corrected chi connectivity index (χ3v) is 2.76. The molecule has 1 aromatic carbocycles. The summed E-state index contributed by atoms with van der Waals surface area (Å²) < 4.78 is 0. The first-order valence-electron chi connectivity index (χ1n) is 6.19. The van der Waals surface area contributed by atoms with Crippen LogP contribution in [0.1, 0.15) is 19.4 Å². The first-order valence-corrected chi connectivity index (χ1v) is 6.19. The van der Waals surface area contributed by atoms with Gasteiger partial charge in [0, 0.05) is 19.6 Å². The third-order valence-electron chi connectivity index (χ3n) is 2.76. The van der Waals surface area contributed by atoms with E-state index in [0.717, 1.165) is 5.56 Å². The Hall–Kier alpha value is -2.04. The highest BCUT2D eigenvalue weighted by Gasteiger charge is 2.22. The Morgan fingerprint density at radius 3 is 2.26 bits per heavy atom. The van der Waals surface area contributed by atoms with E-state index >= 15 is 0 Å². The lowest BCUT2D eigenvalue weighted by molar-refractivity contribution is -0.137. The summed E-state index contributed by atoms with van der Waals surface area (Å²) in [7, 11) is 1.50. The van der Waals surface area contributed by atoms with Gasteiger partial charge in [-0.3, -0.25) is 4.79 Å². The van der Waals surface area contributed by atoms with E-state index in [1.54, 1.807) is 4.90 Å². The maximum absolute atomic E-state index is 12.2. The lowest BCUT2D eigenvalue weighted by Gasteiger charge is -2.30. The van der Waals surface area contributed by atoms with Crippen LogP contribution in [0.4, 0.5) is 4.79 Å². The maximum atomic E-state index is 12.2. The van der Waals surface area contributed by atoms with Crippen LogP contribution in [0.2, 0.25) is 0 Å². The second-order valence-corrected chi connectivity index (χ2v) is 4.74. The Labute approximate surface area is 113 Å². The number of carboxylic acid groups (broad SMARTS) is 1. The molecule has 0 heterocycles. The van der Waals surface area contributed by atoms with Crippen LogP contribution in [0.15, 0.2) is 30.3 Å². The Balaban J connectivity index is 2.77. The van der Waals surface area contributed by atoms with Crippen LogP contribution >= 0.6 is 0 Å². The minimum Gasteiger partial charge on any atom is -0.480 e. The molecular weight excluding hydrogens is 244 g/mol. The van der Waals surface area contributed by atoms with Gasteiger partial charge in [-0.2, -0.15) is 0 Å². The lowest BCUT2D eigenvalue weighted by atomic mass is 10.2. The highest BCUT2D eigenvalue weighted by molar-refractivity contribution is 5.80. The van der Waals surface area contributed by atoms with Crippen molar-refractivity contribution < 1.29 is 14.7 Å². The summed E-state index contributed by atoms with van der Waals surface area (Å²) in [6, 6.07) is 9.37. The second kappa shape index (κ2) is 6.78.